The fourth-order valence-electron chi connectivity index (χ4n) is 2.29. The summed E-state index contributed by atoms with van der Waals surface area (Å²) in [4.78, 5) is 0. The van der Waals surface area contributed by atoms with Gasteiger partial charge in [-0.25, -0.2) is 4.39 Å². The number of halogens is 1. The van der Waals surface area contributed by atoms with E-state index in [4.69, 9.17) is 0 Å². The average molecular weight is 291 g/mol. The largest absolute Gasteiger partial charge is 0.306 e. The molecule has 5 heteroatoms. The van der Waals surface area contributed by atoms with Crippen LogP contribution < -0.4 is 0 Å². The van der Waals surface area contributed by atoms with E-state index in [2.05, 4.69) is 28.6 Å². The molecule has 1 atom stereocenters. The summed E-state index contributed by atoms with van der Waals surface area (Å²) >= 11 is 1.69. The van der Waals surface area contributed by atoms with E-state index in [0.29, 0.717) is 5.92 Å². The molecule has 1 heterocycles. The van der Waals surface area contributed by atoms with Crippen LogP contribution in [-0.4, -0.2) is 14.8 Å². The molecule has 0 amide bonds. The van der Waals surface area contributed by atoms with E-state index < -0.39 is 0 Å². The van der Waals surface area contributed by atoms with Gasteiger partial charge in [0.2, 0.25) is 0 Å². The lowest BCUT2D eigenvalue weighted by atomic mass is 10.2. The highest BCUT2D eigenvalue weighted by Crippen LogP contribution is 2.41. The van der Waals surface area contributed by atoms with E-state index in [1.165, 1.54) is 25.0 Å². The molecule has 0 spiro atoms. The first-order chi connectivity index (χ1) is 9.69. The molecule has 106 valence electrons. The van der Waals surface area contributed by atoms with Crippen molar-refractivity contribution in [2.24, 2.45) is 0 Å². The van der Waals surface area contributed by atoms with Gasteiger partial charge >= 0.3 is 0 Å². The van der Waals surface area contributed by atoms with Gasteiger partial charge in [-0.3, -0.25) is 0 Å². The minimum absolute atomic E-state index is 0.196. The Kier molecular flexibility index (Phi) is 3.78. The topological polar surface area (TPSA) is 30.7 Å². The fourth-order valence-corrected chi connectivity index (χ4v) is 3.34. The van der Waals surface area contributed by atoms with Crippen molar-refractivity contribution in [2.75, 3.05) is 0 Å². The first-order valence-corrected chi connectivity index (χ1v) is 7.92. The van der Waals surface area contributed by atoms with Gasteiger partial charge in [-0.2, -0.15) is 0 Å². The molecule has 3 nitrogen and oxygen atoms in total. The molecular formula is C15H18FN3S. The monoisotopic (exact) mass is 291 g/mol. The molecule has 3 rings (SSSR count). The van der Waals surface area contributed by atoms with Crippen molar-refractivity contribution in [1.29, 1.82) is 0 Å². The highest BCUT2D eigenvalue weighted by molar-refractivity contribution is 7.99. The number of rotatable bonds is 5. The number of aromatic nitrogens is 3. The zero-order valence-electron chi connectivity index (χ0n) is 11.7. The second-order valence-corrected chi connectivity index (χ2v) is 6.48. The molecule has 1 aromatic heterocycles. The summed E-state index contributed by atoms with van der Waals surface area (Å²) in [5, 5.41) is 9.87. The maximum atomic E-state index is 13.0. The van der Waals surface area contributed by atoms with Crippen molar-refractivity contribution in [1.82, 2.24) is 14.8 Å². The quantitative estimate of drug-likeness (QED) is 0.775. The van der Waals surface area contributed by atoms with Crippen molar-refractivity contribution in [2.45, 2.75) is 49.6 Å². The average Bonchev–Trinajstić information content (AvgIpc) is 3.21. The van der Waals surface area contributed by atoms with Gasteiger partial charge < -0.3 is 4.57 Å². The van der Waals surface area contributed by atoms with Crippen LogP contribution in [0.5, 0.6) is 0 Å². The second-order valence-electron chi connectivity index (χ2n) is 5.17. The van der Waals surface area contributed by atoms with E-state index in [0.717, 1.165) is 23.1 Å². The number of hydrogen-bond donors (Lipinski definition) is 0. The maximum Gasteiger partial charge on any atom is 0.191 e. The van der Waals surface area contributed by atoms with Crippen LogP contribution >= 0.6 is 11.8 Å². The summed E-state index contributed by atoms with van der Waals surface area (Å²) in [7, 11) is 0. The van der Waals surface area contributed by atoms with Crippen LogP contribution in [0.25, 0.3) is 0 Å². The summed E-state index contributed by atoms with van der Waals surface area (Å²) in [6.45, 7) is 5.14. The summed E-state index contributed by atoms with van der Waals surface area (Å²) in [5.41, 5.74) is 1.11. The van der Waals surface area contributed by atoms with Crippen molar-refractivity contribution in [3.8, 4) is 0 Å². The number of nitrogens with zero attached hydrogens (tertiary/aromatic N) is 3. The van der Waals surface area contributed by atoms with Gasteiger partial charge in [-0.1, -0.05) is 23.9 Å². The van der Waals surface area contributed by atoms with Crippen LogP contribution in [0.3, 0.4) is 0 Å². The van der Waals surface area contributed by atoms with Gasteiger partial charge in [-0.15, -0.1) is 10.2 Å². The lowest BCUT2D eigenvalue weighted by Crippen LogP contribution is -2.02. The predicted octanol–water partition coefficient (Wildman–Crippen LogP) is 4.17. The molecule has 1 aliphatic rings. The maximum absolute atomic E-state index is 13.0. The minimum Gasteiger partial charge on any atom is -0.306 e. The Morgan fingerprint density at radius 1 is 1.30 bits per heavy atom. The third-order valence-electron chi connectivity index (χ3n) is 3.63. The number of benzene rings is 1. The first kappa shape index (κ1) is 13.6. The van der Waals surface area contributed by atoms with E-state index in [9.17, 15) is 4.39 Å². The summed E-state index contributed by atoms with van der Waals surface area (Å²) in [6.07, 6.45) is 2.46. The summed E-state index contributed by atoms with van der Waals surface area (Å²) in [6, 6.07) is 6.68. The molecule has 20 heavy (non-hydrogen) atoms. The van der Waals surface area contributed by atoms with Crippen molar-refractivity contribution in [3.05, 3.63) is 41.5 Å². The van der Waals surface area contributed by atoms with Crippen molar-refractivity contribution < 1.29 is 4.39 Å². The molecule has 0 N–H and O–H groups in total. The second kappa shape index (κ2) is 5.56. The molecule has 0 aliphatic heterocycles. The van der Waals surface area contributed by atoms with Crippen LogP contribution in [0, 0.1) is 5.82 Å². The molecule has 0 radical (unpaired) electrons. The summed E-state index contributed by atoms with van der Waals surface area (Å²) < 4.78 is 15.2. The molecule has 1 aromatic carbocycles. The van der Waals surface area contributed by atoms with Gasteiger partial charge in [0.05, 0.1) is 0 Å². The fraction of sp³-hybridized carbons (Fsp3) is 0.467. The molecule has 0 unspecified atom stereocenters. The Balaban J connectivity index is 1.78. The standard InChI is InChI=1S/C15H18FN3S/c1-3-19-14(12-4-5-12)17-18-15(19)20-10(2)11-6-8-13(16)9-7-11/h6-10,12H,3-5H2,1-2H3/t10-/m1/s1. The Morgan fingerprint density at radius 2 is 2.00 bits per heavy atom. The Hall–Kier alpha value is -1.36. The minimum atomic E-state index is -0.196. The normalized spacial score (nSPS) is 16.4. The van der Waals surface area contributed by atoms with E-state index >= 15 is 0 Å². The Labute approximate surface area is 122 Å². The smallest absolute Gasteiger partial charge is 0.191 e. The molecule has 1 aliphatic carbocycles. The van der Waals surface area contributed by atoms with Gasteiger partial charge in [0.25, 0.3) is 0 Å². The molecule has 1 saturated carbocycles. The van der Waals surface area contributed by atoms with Crippen LogP contribution in [0.4, 0.5) is 4.39 Å². The summed E-state index contributed by atoms with van der Waals surface area (Å²) in [5.74, 6) is 1.54. The van der Waals surface area contributed by atoms with Crippen molar-refractivity contribution in [3.63, 3.8) is 0 Å². The van der Waals surface area contributed by atoms with Gasteiger partial charge in [-0.05, 0) is 44.4 Å². The molecule has 0 saturated heterocycles. The van der Waals surface area contributed by atoms with Gasteiger partial charge in [0.1, 0.15) is 11.6 Å². The molecule has 1 fully saturated rings. The first-order valence-electron chi connectivity index (χ1n) is 7.04. The third-order valence-corrected chi connectivity index (χ3v) is 4.76. The van der Waals surface area contributed by atoms with Crippen LogP contribution in [0.1, 0.15) is 49.2 Å². The van der Waals surface area contributed by atoms with Crippen LogP contribution in [0.15, 0.2) is 29.4 Å². The van der Waals surface area contributed by atoms with Crippen LogP contribution in [-0.2, 0) is 6.54 Å². The zero-order chi connectivity index (χ0) is 14.1. The van der Waals surface area contributed by atoms with Crippen LogP contribution in [0.2, 0.25) is 0 Å². The predicted molar refractivity (Wildman–Crippen MR) is 78.3 cm³/mol. The van der Waals surface area contributed by atoms with Gasteiger partial charge in [0, 0.05) is 17.7 Å². The number of thioether (sulfide) groups is 1. The molecule has 0 bridgehead atoms. The van der Waals surface area contributed by atoms with E-state index in [-0.39, 0.29) is 11.1 Å². The highest BCUT2D eigenvalue weighted by atomic mass is 32.2. The highest BCUT2D eigenvalue weighted by Gasteiger charge is 2.30. The number of hydrogen-bond acceptors (Lipinski definition) is 3. The Morgan fingerprint density at radius 3 is 2.60 bits per heavy atom. The van der Waals surface area contributed by atoms with Crippen molar-refractivity contribution >= 4 is 11.8 Å². The molecular weight excluding hydrogens is 273 g/mol. The van der Waals surface area contributed by atoms with E-state index in [1.807, 2.05) is 12.1 Å². The molecule has 2 aromatic rings. The Bertz CT molecular complexity index is 590. The lowest BCUT2D eigenvalue weighted by molar-refractivity contribution is 0.627. The lowest BCUT2D eigenvalue weighted by Gasteiger charge is -2.12. The third kappa shape index (κ3) is 2.73. The van der Waals surface area contributed by atoms with E-state index in [1.54, 1.807) is 11.8 Å². The zero-order valence-corrected chi connectivity index (χ0v) is 12.5. The van der Waals surface area contributed by atoms with Gasteiger partial charge in [0.15, 0.2) is 5.16 Å². The SMILES string of the molecule is CCn1c(S[C@H](C)c2ccc(F)cc2)nnc1C1CC1.